The van der Waals surface area contributed by atoms with Crippen LogP contribution in [-0.4, -0.2) is 48.5 Å². The van der Waals surface area contributed by atoms with Crippen LogP contribution in [0.25, 0.3) is 6.08 Å². The standard InChI is InChI=1S/C20H20O8/c1-25-14-9-12(8-13(23)18(14)24)19-17(10-22)28-20-15(26-2)6-11(4-3-5-21)7-16(20)27-19/h3-9,17,19,22-24H,10H2,1-2H3/b4-3+/t17-,19-/m1/s1. The molecule has 3 N–H and O–H groups in total. The summed E-state index contributed by atoms with van der Waals surface area (Å²) in [7, 11) is 2.82. The fourth-order valence-electron chi connectivity index (χ4n) is 2.97. The molecule has 2 atom stereocenters. The minimum Gasteiger partial charge on any atom is -0.504 e. The minimum absolute atomic E-state index is 0.0568. The normalized spacial score (nSPS) is 18.1. The first-order chi connectivity index (χ1) is 13.5. The summed E-state index contributed by atoms with van der Waals surface area (Å²) in [5.41, 5.74) is 1.09. The molecule has 0 fully saturated rings. The molecule has 148 valence electrons. The van der Waals surface area contributed by atoms with E-state index in [0.717, 1.165) is 0 Å². The largest absolute Gasteiger partial charge is 0.504 e. The van der Waals surface area contributed by atoms with E-state index in [-0.39, 0.29) is 18.1 Å². The van der Waals surface area contributed by atoms with Crippen molar-refractivity contribution in [1.82, 2.24) is 0 Å². The Morgan fingerprint density at radius 3 is 2.46 bits per heavy atom. The van der Waals surface area contributed by atoms with E-state index in [1.54, 1.807) is 18.2 Å². The van der Waals surface area contributed by atoms with Crippen molar-refractivity contribution in [2.75, 3.05) is 20.8 Å². The number of phenols is 2. The molecule has 0 aliphatic carbocycles. The Morgan fingerprint density at radius 2 is 1.82 bits per heavy atom. The lowest BCUT2D eigenvalue weighted by atomic mass is 10.0. The van der Waals surface area contributed by atoms with Crippen LogP contribution in [-0.2, 0) is 4.79 Å². The first-order valence-corrected chi connectivity index (χ1v) is 8.40. The maximum atomic E-state index is 10.6. The number of carbonyl (C=O) groups is 1. The molecule has 1 heterocycles. The fourth-order valence-corrected chi connectivity index (χ4v) is 2.97. The second-order valence-electron chi connectivity index (χ2n) is 6.01. The van der Waals surface area contributed by atoms with E-state index >= 15 is 0 Å². The Bertz CT molecular complexity index is 906. The van der Waals surface area contributed by atoms with Gasteiger partial charge in [-0.2, -0.15) is 0 Å². The van der Waals surface area contributed by atoms with Crippen LogP contribution in [0, 0.1) is 0 Å². The zero-order chi connectivity index (χ0) is 20.3. The quantitative estimate of drug-likeness (QED) is 0.392. The minimum atomic E-state index is -0.800. The van der Waals surface area contributed by atoms with Crippen molar-refractivity contribution in [3.63, 3.8) is 0 Å². The lowest BCUT2D eigenvalue weighted by molar-refractivity contribution is -0.104. The number of rotatable bonds is 6. The number of aliphatic hydroxyl groups is 1. The first kappa shape index (κ1) is 19.4. The number of phenolic OH excluding ortho intramolecular Hbond substituents is 2. The van der Waals surface area contributed by atoms with Gasteiger partial charge in [0.2, 0.25) is 11.5 Å². The number of methoxy groups -OCH3 is 2. The number of carbonyl (C=O) groups excluding carboxylic acids is 1. The second kappa shape index (κ2) is 8.10. The van der Waals surface area contributed by atoms with Crippen LogP contribution in [0.2, 0.25) is 0 Å². The Hall–Kier alpha value is -3.39. The average Bonchev–Trinajstić information content (AvgIpc) is 2.72. The van der Waals surface area contributed by atoms with Crippen LogP contribution in [0.5, 0.6) is 34.5 Å². The maximum absolute atomic E-state index is 10.6. The van der Waals surface area contributed by atoms with Crippen molar-refractivity contribution < 1.29 is 39.1 Å². The highest BCUT2D eigenvalue weighted by atomic mass is 16.6. The smallest absolute Gasteiger partial charge is 0.204 e. The number of ether oxygens (including phenoxy) is 4. The molecule has 0 amide bonds. The number of aldehydes is 1. The zero-order valence-corrected chi connectivity index (χ0v) is 15.3. The molecule has 0 unspecified atom stereocenters. The summed E-state index contributed by atoms with van der Waals surface area (Å²) >= 11 is 0. The van der Waals surface area contributed by atoms with Crippen molar-refractivity contribution in [3.8, 4) is 34.5 Å². The molecule has 0 saturated carbocycles. The second-order valence-corrected chi connectivity index (χ2v) is 6.01. The Labute approximate surface area is 161 Å². The number of aromatic hydroxyl groups is 2. The first-order valence-electron chi connectivity index (χ1n) is 8.40. The zero-order valence-electron chi connectivity index (χ0n) is 15.3. The van der Waals surface area contributed by atoms with Gasteiger partial charge in [-0.15, -0.1) is 0 Å². The summed E-state index contributed by atoms with van der Waals surface area (Å²) in [6, 6.07) is 6.14. The van der Waals surface area contributed by atoms with Gasteiger partial charge >= 0.3 is 0 Å². The molecule has 0 bridgehead atoms. The highest BCUT2D eigenvalue weighted by molar-refractivity contribution is 5.75. The number of hydrogen-bond donors (Lipinski definition) is 3. The van der Waals surface area contributed by atoms with E-state index in [9.17, 15) is 20.1 Å². The number of fused-ring (bicyclic) bond motifs is 1. The predicted molar refractivity (Wildman–Crippen MR) is 99.3 cm³/mol. The van der Waals surface area contributed by atoms with Crippen LogP contribution in [0.3, 0.4) is 0 Å². The van der Waals surface area contributed by atoms with Crippen LogP contribution in [0.15, 0.2) is 30.3 Å². The molecule has 0 spiro atoms. The molecule has 3 rings (SSSR count). The number of benzene rings is 2. The fraction of sp³-hybridized carbons (Fsp3) is 0.250. The topological polar surface area (TPSA) is 115 Å². The monoisotopic (exact) mass is 388 g/mol. The third kappa shape index (κ3) is 3.54. The summed E-state index contributed by atoms with van der Waals surface area (Å²) in [5.74, 6) is 0.308. The average molecular weight is 388 g/mol. The van der Waals surface area contributed by atoms with Crippen molar-refractivity contribution in [2.24, 2.45) is 0 Å². The van der Waals surface area contributed by atoms with Gasteiger partial charge in [0.05, 0.1) is 20.8 Å². The van der Waals surface area contributed by atoms with Gasteiger partial charge < -0.3 is 34.3 Å². The van der Waals surface area contributed by atoms with Gasteiger partial charge in [0.15, 0.2) is 35.2 Å². The maximum Gasteiger partial charge on any atom is 0.204 e. The van der Waals surface area contributed by atoms with Crippen LogP contribution >= 0.6 is 0 Å². The molecule has 0 radical (unpaired) electrons. The van der Waals surface area contributed by atoms with E-state index in [0.29, 0.717) is 34.7 Å². The molecule has 1 aliphatic heterocycles. The summed E-state index contributed by atoms with van der Waals surface area (Å²) in [4.78, 5) is 10.6. The highest BCUT2D eigenvalue weighted by Gasteiger charge is 2.35. The van der Waals surface area contributed by atoms with E-state index in [1.165, 1.54) is 32.4 Å². The van der Waals surface area contributed by atoms with Gasteiger partial charge in [-0.1, -0.05) is 6.08 Å². The third-order valence-corrected chi connectivity index (χ3v) is 4.30. The van der Waals surface area contributed by atoms with Gasteiger partial charge in [-0.3, -0.25) is 4.79 Å². The molecule has 8 heteroatoms. The summed E-state index contributed by atoms with van der Waals surface area (Å²) in [5, 5.41) is 29.6. The molecule has 8 nitrogen and oxygen atoms in total. The van der Waals surface area contributed by atoms with Gasteiger partial charge in [-0.05, 0) is 35.9 Å². The van der Waals surface area contributed by atoms with Crippen LogP contribution < -0.4 is 18.9 Å². The van der Waals surface area contributed by atoms with Crippen LogP contribution in [0.4, 0.5) is 0 Å². The number of hydrogen-bond acceptors (Lipinski definition) is 8. The van der Waals surface area contributed by atoms with E-state index < -0.39 is 18.0 Å². The molecule has 0 saturated heterocycles. The number of aliphatic hydroxyl groups excluding tert-OH is 1. The van der Waals surface area contributed by atoms with Gasteiger partial charge in [0, 0.05) is 5.56 Å². The van der Waals surface area contributed by atoms with E-state index in [1.807, 2.05) is 0 Å². The summed E-state index contributed by atoms with van der Waals surface area (Å²) in [6.07, 6.45) is 1.97. The van der Waals surface area contributed by atoms with Crippen molar-refractivity contribution >= 4 is 12.4 Å². The molecule has 2 aromatic carbocycles. The van der Waals surface area contributed by atoms with E-state index in [4.69, 9.17) is 18.9 Å². The summed E-state index contributed by atoms with van der Waals surface area (Å²) < 4.78 is 22.3. The number of allylic oxidation sites excluding steroid dienone is 1. The van der Waals surface area contributed by atoms with Gasteiger partial charge in [0.25, 0.3) is 0 Å². The molecular weight excluding hydrogens is 368 g/mol. The Kier molecular flexibility index (Phi) is 5.60. The SMILES string of the molecule is COc1cc([C@H]2Oc3cc(/C=C/C=O)cc(OC)c3O[C@@H]2CO)cc(O)c1O. The lowest BCUT2D eigenvalue weighted by Crippen LogP contribution is -2.36. The molecule has 2 aromatic rings. The van der Waals surface area contributed by atoms with Gasteiger partial charge in [0.1, 0.15) is 6.29 Å². The van der Waals surface area contributed by atoms with E-state index in [2.05, 4.69) is 0 Å². The van der Waals surface area contributed by atoms with Gasteiger partial charge in [-0.25, -0.2) is 0 Å². The van der Waals surface area contributed by atoms with Crippen molar-refractivity contribution in [2.45, 2.75) is 12.2 Å². The molecular formula is C20H20O8. The molecule has 1 aliphatic rings. The van der Waals surface area contributed by atoms with Crippen molar-refractivity contribution in [1.29, 1.82) is 0 Å². The Morgan fingerprint density at radius 1 is 1.07 bits per heavy atom. The summed E-state index contributed by atoms with van der Waals surface area (Å²) in [6.45, 7) is -0.371. The van der Waals surface area contributed by atoms with Crippen molar-refractivity contribution in [3.05, 3.63) is 41.5 Å². The predicted octanol–water partition coefficient (Wildman–Crippen LogP) is 2.20. The molecule has 28 heavy (non-hydrogen) atoms. The lowest BCUT2D eigenvalue weighted by Gasteiger charge is -2.34. The third-order valence-electron chi connectivity index (χ3n) is 4.30. The molecule has 0 aromatic heterocycles. The Balaban J connectivity index is 2.07. The van der Waals surface area contributed by atoms with Crippen LogP contribution in [0.1, 0.15) is 17.2 Å². The highest BCUT2D eigenvalue weighted by Crippen LogP contribution is 2.48.